The summed E-state index contributed by atoms with van der Waals surface area (Å²) in [5, 5.41) is 14.1. The molecule has 1 atom stereocenters. The maximum atomic E-state index is 13.8. The van der Waals surface area contributed by atoms with Gasteiger partial charge in [0, 0.05) is 18.2 Å². The first-order valence-corrected chi connectivity index (χ1v) is 13.5. The van der Waals surface area contributed by atoms with E-state index in [1.165, 1.54) is 6.42 Å². The van der Waals surface area contributed by atoms with Crippen LogP contribution in [0.1, 0.15) is 66.9 Å². The van der Waals surface area contributed by atoms with Crippen LogP contribution in [0, 0.1) is 0 Å². The van der Waals surface area contributed by atoms with Crippen LogP contribution < -0.4 is 10.3 Å². The topological polar surface area (TPSA) is 102 Å². The third-order valence-electron chi connectivity index (χ3n) is 7.59. The second-order valence-corrected chi connectivity index (χ2v) is 10.2. The highest BCUT2D eigenvalue weighted by atomic mass is 16.5. The molecule has 1 fully saturated rings. The Bertz CT molecular complexity index is 1570. The summed E-state index contributed by atoms with van der Waals surface area (Å²) < 4.78 is 13.1. The van der Waals surface area contributed by atoms with E-state index in [1.807, 2.05) is 59.3 Å². The molecule has 0 aliphatic heterocycles. The minimum atomic E-state index is -0.512. The number of nitrogens with zero attached hydrogens (tertiary/aromatic N) is 5. The monoisotopic (exact) mass is 524 g/mol. The van der Waals surface area contributed by atoms with Gasteiger partial charge in [0.05, 0.1) is 31.5 Å². The maximum Gasteiger partial charge on any atom is 0.253 e. The molecule has 6 rings (SSSR count). The van der Waals surface area contributed by atoms with Gasteiger partial charge in [-0.1, -0.05) is 49.6 Å². The molecule has 0 saturated heterocycles. The zero-order chi connectivity index (χ0) is 26.6. The van der Waals surface area contributed by atoms with Gasteiger partial charge in [-0.2, -0.15) is 0 Å². The van der Waals surface area contributed by atoms with Crippen molar-refractivity contribution in [3.05, 3.63) is 106 Å². The Balaban J connectivity index is 1.52. The Hall–Kier alpha value is -4.24. The molecule has 1 N–H and O–H groups in total. The molecule has 3 heterocycles. The lowest BCUT2D eigenvalue weighted by Gasteiger charge is -2.32. The van der Waals surface area contributed by atoms with Crippen molar-refractivity contribution < 1.29 is 9.15 Å². The number of benzene rings is 2. The number of furan rings is 1. The molecule has 9 heteroatoms. The van der Waals surface area contributed by atoms with Crippen LogP contribution >= 0.6 is 0 Å². The lowest BCUT2D eigenvalue weighted by atomic mass is 9.95. The number of hydrogen-bond donors (Lipinski definition) is 1. The minimum Gasteiger partial charge on any atom is -0.497 e. The first kappa shape index (κ1) is 25.1. The number of pyridine rings is 1. The first-order chi connectivity index (χ1) is 19.2. The summed E-state index contributed by atoms with van der Waals surface area (Å²) in [5.74, 6) is 2.16. The zero-order valence-electron chi connectivity index (χ0n) is 22.0. The van der Waals surface area contributed by atoms with E-state index in [0.717, 1.165) is 47.9 Å². The average molecular weight is 525 g/mol. The van der Waals surface area contributed by atoms with Crippen LogP contribution in [-0.4, -0.2) is 37.2 Å². The smallest absolute Gasteiger partial charge is 0.253 e. The van der Waals surface area contributed by atoms with Crippen molar-refractivity contribution in [1.82, 2.24) is 30.1 Å². The summed E-state index contributed by atoms with van der Waals surface area (Å²) >= 11 is 0. The zero-order valence-corrected chi connectivity index (χ0v) is 22.0. The standard InChI is InChI=1S/C30H32N6O3/c1-38-24-15-14-22-17-26(30(37)31-27(22)18-24)28(29-32-33-34-36(29)23-11-6-3-7-12-23)35(20-25-13-8-16-39-25)19-21-9-4-2-5-10-21/h2,4-5,8-10,13-18,23,28H,3,6-7,11-12,19-20H2,1H3,(H,31,37)/t28-/m0/s1. The molecule has 5 aromatic rings. The molecule has 1 aliphatic carbocycles. The van der Waals surface area contributed by atoms with E-state index in [0.29, 0.717) is 30.2 Å². The summed E-state index contributed by atoms with van der Waals surface area (Å²) in [7, 11) is 1.62. The van der Waals surface area contributed by atoms with E-state index in [4.69, 9.17) is 9.15 Å². The van der Waals surface area contributed by atoms with Gasteiger partial charge in [0.25, 0.3) is 5.56 Å². The lowest BCUT2D eigenvalue weighted by molar-refractivity contribution is 0.173. The number of tetrazole rings is 1. The number of fused-ring (bicyclic) bond motifs is 1. The molecule has 1 aliphatic rings. The van der Waals surface area contributed by atoms with Crippen molar-refractivity contribution in [3.63, 3.8) is 0 Å². The molecule has 3 aromatic heterocycles. The number of aromatic nitrogens is 5. The molecule has 1 saturated carbocycles. The first-order valence-electron chi connectivity index (χ1n) is 13.5. The fourth-order valence-corrected chi connectivity index (χ4v) is 5.65. The number of rotatable bonds is 9. The van der Waals surface area contributed by atoms with Crippen molar-refractivity contribution in [1.29, 1.82) is 0 Å². The molecule has 0 unspecified atom stereocenters. The van der Waals surface area contributed by atoms with E-state index >= 15 is 0 Å². The number of aromatic amines is 1. The quantitative estimate of drug-likeness (QED) is 0.275. The van der Waals surface area contributed by atoms with Crippen LogP contribution in [0.25, 0.3) is 10.9 Å². The van der Waals surface area contributed by atoms with Crippen molar-refractivity contribution >= 4 is 10.9 Å². The van der Waals surface area contributed by atoms with Crippen LogP contribution in [0.15, 0.2) is 82.2 Å². The summed E-state index contributed by atoms with van der Waals surface area (Å²) in [4.78, 5) is 19.1. The second-order valence-electron chi connectivity index (χ2n) is 10.2. The largest absolute Gasteiger partial charge is 0.497 e. The highest BCUT2D eigenvalue weighted by Crippen LogP contribution is 2.34. The normalized spacial score (nSPS) is 15.1. The van der Waals surface area contributed by atoms with E-state index < -0.39 is 6.04 Å². The highest BCUT2D eigenvalue weighted by Gasteiger charge is 2.33. The molecular formula is C30H32N6O3. The summed E-state index contributed by atoms with van der Waals surface area (Å²) in [5.41, 5.74) is 2.24. The predicted molar refractivity (Wildman–Crippen MR) is 147 cm³/mol. The van der Waals surface area contributed by atoms with Gasteiger partial charge in [0.2, 0.25) is 0 Å². The number of ether oxygens (including phenoxy) is 1. The molecule has 2 aromatic carbocycles. The Kier molecular flexibility index (Phi) is 7.23. The van der Waals surface area contributed by atoms with Crippen molar-refractivity contribution in [2.75, 3.05) is 7.11 Å². The molecule has 0 spiro atoms. The number of methoxy groups -OCH3 is 1. The van der Waals surface area contributed by atoms with Crippen LogP contribution in [0.5, 0.6) is 5.75 Å². The van der Waals surface area contributed by atoms with Crippen LogP contribution in [0.3, 0.4) is 0 Å². The van der Waals surface area contributed by atoms with E-state index in [2.05, 4.69) is 37.5 Å². The summed E-state index contributed by atoms with van der Waals surface area (Å²) in [6.45, 7) is 1.05. The molecule has 0 bridgehead atoms. The maximum absolute atomic E-state index is 13.8. The van der Waals surface area contributed by atoms with Gasteiger partial charge >= 0.3 is 0 Å². The predicted octanol–water partition coefficient (Wildman–Crippen LogP) is 5.41. The minimum absolute atomic E-state index is 0.184. The van der Waals surface area contributed by atoms with E-state index in [9.17, 15) is 4.79 Å². The molecule has 0 radical (unpaired) electrons. The number of hydrogen-bond acceptors (Lipinski definition) is 7. The van der Waals surface area contributed by atoms with Crippen molar-refractivity contribution in [2.24, 2.45) is 0 Å². The number of H-pyrrole nitrogens is 1. The van der Waals surface area contributed by atoms with Crippen LogP contribution in [-0.2, 0) is 13.1 Å². The Morgan fingerprint density at radius 1 is 1.05 bits per heavy atom. The van der Waals surface area contributed by atoms with Gasteiger partial charge in [-0.15, -0.1) is 5.10 Å². The SMILES string of the molecule is COc1ccc2cc([C@@H](c3nnnn3C3CCCCC3)N(Cc3ccccc3)Cc3ccco3)c(=O)[nH]c2c1. The summed E-state index contributed by atoms with van der Waals surface area (Å²) in [6, 6.07) is 21.4. The fourth-order valence-electron chi connectivity index (χ4n) is 5.65. The third-order valence-corrected chi connectivity index (χ3v) is 7.59. The van der Waals surface area contributed by atoms with Crippen LogP contribution in [0.4, 0.5) is 0 Å². The average Bonchev–Trinajstić information content (AvgIpc) is 3.67. The van der Waals surface area contributed by atoms with Gasteiger partial charge < -0.3 is 14.1 Å². The lowest BCUT2D eigenvalue weighted by Crippen LogP contribution is -2.35. The summed E-state index contributed by atoms with van der Waals surface area (Å²) in [6.07, 6.45) is 7.24. The Morgan fingerprint density at radius 2 is 1.90 bits per heavy atom. The molecule has 9 nitrogen and oxygen atoms in total. The Morgan fingerprint density at radius 3 is 2.67 bits per heavy atom. The van der Waals surface area contributed by atoms with Crippen LogP contribution in [0.2, 0.25) is 0 Å². The molecular weight excluding hydrogens is 492 g/mol. The second kappa shape index (κ2) is 11.2. The van der Waals surface area contributed by atoms with E-state index in [1.54, 1.807) is 13.4 Å². The van der Waals surface area contributed by atoms with Crippen molar-refractivity contribution in [3.8, 4) is 5.75 Å². The van der Waals surface area contributed by atoms with Gasteiger partial charge in [-0.25, -0.2) is 4.68 Å². The van der Waals surface area contributed by atoms with Gasteiger partial charge in [0.15, 0.2) is 5.82 Å². The van der Waals surface area contributed by atoms with Gasteiger partial charge in [-0.3, -0.25) is 9.69 Å². The molecule has 39 heavy (non-hydrogen) atoms. The molecule has 0 amide bonds. The van der Waals surface area contributed by atoms with Gasteiger partial charge in [-0.05, 0) is 64.5 Å². The third kappa shape index (κ3) is 5.35. The molecule has 200 valence electrons. The van der Waals surface area contributed by atoms with Gasteiger partial charge in [0.1, 0.15) is 17.6 Å². The highest BCUT2D eigenvalue weighted by molar-refractivity contribution is 5.80. The Labute approximate surface area is 226 Å². The van der Waals surface area contributed by atoms with E-state index in [-0.39, 0.29) is 11.6 Å². The van der Waals surface area contributed by atoms with Crippen molar-refractivity contribution in [2.45, 2.75) is 57.3 Å². The fraction of sp³-hybridized carbons (Fsp3) is 0.333. The number of nitrogens with one attached hydrogen (secondary N) is 1.